The molecule has 96 valence electrons. The fraction of sp³-hybridized carbons (Fsp3) is 1.00. The van der Waals surface area contributed by atoms with E-state index in [1.807, 2.05) is 0 Å². The normalized spacial score (nSPS) is 11.4. The van der Waals surface area contributed by atoms with Gasteiger partial charge in [0.15, 0.2) is 0 Å². The minimum atomic E-state index is -3.96. The van der Waals surface area contributed by atoms with E-state index in [1.165, 1.54) is 0 Å². The SMILES string of the molecule is O=S(=O)(O)CCCOCCCS(=O)(=O)O.[NaH].[NaH]. The zero-order valence-electron chi connectivity index (χ0n) is 7.99. The maximum absolute atomic E-state index is 10.2. The molecule has 0 atom stereocenters. The Morgan fingerprint density at radius 2 is 1.06 bits per heavy atom. The van der Waals surface area contributed by atoms with Gasteiger partial charge in [-0.05, 0) is 12.8 Å². The molecule has 0 aliphatic rings. The standard InChI is InChI=1S/C6H14O7S2.2Na.2H/c7-14(8,9)5-1-3-13-4-2-6-15(10,11)12;;;;/h1-6H2,(H,7,8,9)(H,10,11,12);;;;. The third-order valence-electron chi connectivity index (χ3n) is 1.38. The molecule has 17 heavy (non-hydrogen) atoms. The molecule has 0 heterocycles. The van der Waals surface area contributed by atoms with Crippen LogP contribution < -0.4 is 0 Å². The summed E-state index contributed by atoms with van der Waals surface area (Å²) in [5.74, 6) is -0.767. The van der Waals surface area contributed by atoms with Gasteiger partial charge in [0.05, 0.1) is 11.5 Å². The Hall–Kier alpha value is 1.78. The van der Waals surface area contributed by atoms with Crippen molar-refractivity contribution in [2.24, 2.45) is 0 Å². The average Bonchev–Trinajstić information content (AvgIpc) is 1.98. The second kappa shape index (κ2) is 11.6. The quantitative estimate of drug-likeness (QED) is 0.310. The van der Waals surface area contributed by atoms with Gasteiger partial charge in [-0.1, -0.05) is 0 Å². The number of hydrogen-bond acceptors (Lipinski definition) is 5. The third kappa shape index (κ3) is 23.3. The fourth-order valence-electron chi connectivity index (χ4n) is 0.789. The van der Waals surface area contributed by atoms with Crippen molar-refractivity contribution in [3.8, 4) is 0 Å². The Bertz CT molecular complexity index is 328. The van der Waals surface area contributed by atoms with Gasteiger partial charge in [0.25, 0.3) is 20.2 Å². The number of rotatable bonds is 8. The molecule has 0 aliphatic carbocycles. The van der Waals surface area contributed by atoms with E-state index in [9.17, 15) is 16.8 Å². The molecule has 7 nitrogen and oxygen atoms in total. The Balaban J connectivity index is -0.000000980. The first kappa shape index (κ1) is 23.8. The van der Waals surface area contributed by atoms with Crippen molar-refractivity contribution < 1.29 is 30.7 Å². The molecule has 0 spiro atoms. The van der Waals surface area contributed by atoms with Crippen molar-refractivity contribution >= 4 is 79.4 Å². The topological polar surface area (TPSA) is 118 Å². The van der Waals surface area contributed by atoms with Crippen LogP contribution in [-0.2, 0) is 25.0 Å². The predicted octanol–water partition coefficient (Wildman–Crippen LogP) is -1.74. The molecule has 2 N–H and O–H groups in total. The van der Waals surface area contributed by atoms with Crippen LogP contribution in [-0.4, -0.2) is 110 Å². The van der Waals surface area contributed by atoms with Gasteiger partial charge in [-0.15, -0.1) is 0 Å². The first-order chi connectivity index (χ1) is 6.71. The van der Waals surface area contributed by atoms with Crippen molar-refractivity contribution in [3.63, 3.8) is 0 Å². The zero-order valence-corrected chi connectivity index (χ0v) is 9.63. The van der Waals surface area contributed by atoms with E-state index in [2.05, 4.69) is 0 Å². The Morgan fingerprint density at radius 3 is 1.29 bits per heavy atom. The third-order valence-corrected chi connectivity index (χ3v) is 2.99. The van der Waals surface area contributed by atoms with E-state index in [0.29, 0.717) is 0 Å². The molecule has 0 saturated carbocycles. The summed E-state index contributed by atoms with van der Waals surface area (Å²) in [5, 5.41) is 0. The van der Waals surface area contributed by atoms with Crippen LogP contribution >= 0.6 is 0 Å². The minimum absolute atomic E-state index is 0. The van der Waals surface area contributed by atoms with Crippen LogP contribution in [0.4, 0.5) is 0 Å². The van der Waals surface area contributed by atoms with Crippen molar-refractivity contribution in [3.05, 3.63) is 0 Å². The molecule has 0 aromatic rings. The van der Waals surface area contributed by atoms with Crippen molar-refractivity contribution in [1.82, 2.24) is 0 Å². The van der Waals surface area contributed by atoms with Gasteiger partial charge in [-0.3, -0.25) is 9.11 Å². The van der Waals surface area contributed by atoms with E-state index in [-0.39, 0.29) is 96.7 Å². The molecular formula is C6H16Na2O7S2. The molecule has 0 aliphatic heterocycles. The van der Waals surface area contributed by atoms with Crippen LogP contribution in [0, 0.1) is 0 Å². The molecule has 0 fully saturated rings. The molecular weight excluding hydrogens is 294 g/mol. The summed E-state index contributed by atoms with van der Waals surface area (Å²) in [6.45, 7) is 0.233. The van der Waals surface area contributed by atoms with Gasteiger partial charge in [0, 0.05) is 13.2 Å². The Morgan fingerprint density at radius 1 is 0.765 bits per heavy atom. The average molecular weight is 310 g/mol. The predicted molar refractivity (Wildman–Crippen MR) is 67.2 cm³/mol. The monoisotopic (exact) mass is 310 g/mol. The summed E-state index contributed by atoms with van der Waals surface area (Å²) in [5.41, 5.74) is 0. The molecule has 0 saturated heterocycles. The summed E-state index contributed by atoms with van der Waals surface area (Å²) < 4.78 is 62.5. The van der Waals surface area contributed by atoms with E-state index in [0.717, 1.165) is 0 Å². The molecule has 0 bridgehead atoms. The number of hydrogen-bond donors (Lipinski definition) is 2. The summed E-state index contributed by atoms with van der Waals surface area (Å²) >= 11 is 0. The molecule has 0 rings (SSSR count). The molecule has 0 aromatic heterocycles. The van der Waals surface area contributed by atoms with E-state index < -0.39 is 20.2 Å². The number of ether oxygens (including phenoxy) is 1. The Kier molecular flexibility index (Phi) is 16.3. The van der Waals surface area contributed by atoms with Crippen LogP contribution in [0.5, 0.6) is 0 Å². The summed E-state index contributed by atoms with van der Waals surface area (Å²) in [7, 11) is -7.91. The van der Waals surface area contributed by atoms with Gasteiger partial charge in [0.1, 0.15) is 0 Å². The molecule has 11 heteroatoms. The first-order valence-electron chi connectivity index (χ1n) is 4.19. The van der Waals surface area contributed by atoms with Crippen LogP contribution in [0.3, 0.4) is 0 Å². The molecule has 0 amide bonds. The van der Waals surface area contributed by atoms with Crippen LogP contribution in [0.2, 0.25) is 0 Å². The van der Waals surface area contributed by atoms with Crippen molar-refractivity contribution in [2.75, 3.05) is 24.7 Å². The van der Waals surface area contributed by atoms with Gasteiger partial charge in [0.2, 0.25) is 0 Å². The molecule has 0 aromatic carbocycles. The molecule has 0 radical (unpaired) electrons. The fourth-order valence-corrected chi connectivity index (χ4v) is 1.75. The van der Waals surface area contributed by atoms with Crippen LogP contribution in [0.15, 0.2) is 0 Å². The second-order valence-corrected chi connectivity index (χ2v) is 6.04. The van der Waals surface area contributed by atoms with E-state index >= 15 is 0 Å². The van der Waals surface area contributed by atoms with Gasteiger partial charge in [-0.2, -0.15) is 16.8 Å². The van der Waals surface area contributed by atoms with Crippen molar-refractivity contribution in [2.45, 2.75) is 12.8 Å². The van der Waals surface area contributed by atoms with Gasteiger partial charge in [-0.25, -0.2) is 0 Å². The zero-order chi connectivity index (χ0) is 11.9. The second-order valence-electron chi connectivity index (χ2n) is 2.89. The summed E-state index contributed by atoms with van der Waals surface area (Å²) in [4.78, 5) is 0. The summed E-state index contributed by atoms with van der Waals surface area (Å²) in [6.07, 6.45) is 0.287. The molecule has 0 unspecified atom stereocenters. The van der Waals surface area contributed by atoms with Crippen LogP contribution in [0.1, 0.15) is 12.8 Å². The summed E-state index contributed by atoms with van der Waals surface area (Å²) in [6, 6.07) is 0. The van der Waals surface area contributed by atoms with E-state index in [4.69, 9.17) is 13.8 Å². The maximum atomic E-state index is 10.2. The van der Waals surface area contributed by atoms with Crippen LogP contribution in [0.25, 0.3) is 0 Å². The van der Waals surface area contributed by atoms with Gasteiger partial charge >= 0.3 is 59.1 Å². The van der Waals surface area contributed by atoms with Gasteiger partial charge < -0.3 is 4.74 Å². The van der Waals surface area contributed by atoms with Crippen molar-refractivity contribution in [1.29, 1.82) is 0 Å². The van der Waals surface area contributed by atoms with E-state index in [1.54, 1.807) is 0 Å². The Labute approximate surface area is 146 Å². The first-order valence-corrected chi connectivity index (χ1v) is 7.40.